The Morgan fingerprint density at radius 1 is 1.18 bits per heavy atom. The van der Waals surface area contributed by atoms with Crippen molar-refractivity contribution < 1.29 is 19.0 Å². The van der Waals surface area contributed by atoms with Crippen molar-refractivity contribution in [2.45, 2.75) is 52.7 Å². The molecule has 0 saturated carbocycles. The Morgan fingerprint density at radius 3 is 2.70 bits per heavy atom. The second kappa shape index (κ2) is 9.57. The third kappa shape index (κ3) is 4.40. The van der Waals surface area contributed by atoms with Gasteiger partial charge in [-0.2, -0.15) is 0 Å². The Labute approximate surface area is 194 Å². The van der Waals surface area contributed by atoms with Crippen LogP contribution in [-0.4, -0.2) is 35.3 Å². The van der Waals surface area contributed by atoms with Crippen molar-refractivity contribution >= 4 is 23.0 Å². The number of nitrogens with zero attached hydrogens (tertiary/aromatic N) is 2. The zero-order chi connectivity index (χ0) is 23.5. The van der Waals surface area contributed by atoms with Crippen LogP contribution >= 0.6 is 0 Å². The standard InChI is InChI=1S/C26H31N3O4/c1-6-7-14-32-21-13-12-18(15-22(21)31-5)24-23(25(30)33-16(2)3)17(4)27-26-28-19-10-8-9-11-20(19)29(24)26/h8-13,15-16,24H,6-7,14H2,1-5H3,(H,27,28). The fraction of sp³-hybridized carbons (Fsp3) is 0.385. The van der Waals surface area contributed by atoms with E-state index in [9.17, 15) is 4.79 Å². The number of rotatable bonds is 8. The first kappa shape index (κ1) is 22.7. The first-order chi connectivity index (χ1) is 15.9. The lowest BCUT2D eigenvalue weighted by Gasteiger charge is -2.31. The lowest BCUT2D eigenvalue weighted by Crippen LogP contribution is -2.30. The van der Waals surface area contributed by atoms with Gasteiger partial charge in [0, 0.05) is 5.70 Å². The molecule has 1 unspecified atom stereocenters. The van der Waals surface area contributed by atoms with E-state index in [2.05, 4.69) is 12.2 Å². The highest BCUT2D eigenvalue weighted by atomic mass is 16.5. The number of allylic oxidation sites excluding steroid dienone is 1. The van der Waals surface area contributed by atoms with E-state index < -0.39 is 6.04 Å². The van der Waals surface area contributed by atoms with Crippen LogP contribution in [0.1, 0.15) is 52.1 Å². The minimum atomic E-state index is -0.432. The van der Waals surface area contributed by atoms with E-state index in [0.717, 1.165) is 35.1 Å². The van der Waals surface area contributed by atoms with E-state index in [1.807, 2.05) is 67.8 Å². The largest absolute Gasteiger partial charge is 0.493 e. The number of nitrogens with one attached hydrogen (secondary N) is 1. The van der Waals surface area contributed by atoms with Crippen LogP contribution in [0, 0.1) is 0 Å². The smallest absolute Gasteiger partial charge is 0.338 e. The summed E-state index contributed by atoms with van der Waals surface area (Å²) in [6, 6.07) is 13.3. The molecule has 0 fully saturated rings. The van der Waals surface area contributed by atoms with Crippen molar-refractivity contribution in [3.63, 3.8) is 0 Å². The number of carbonyl (C=O) groups excluding carboxylic acids is 1. The number of unbranched alkanes of at least 4 members (excludes halogenated alkanes) is 1. The summed E-state index contributed by atoms with van der Waals surface area (Å²) in [6.07, 6.45) is 1.79. The Balaban J connectivity index is 1.86. The SMILES string of the molecule is CCCCOc1ccc(C2C(C(=O)OC(C)C)=C(C)Nc3nc4ccccc4n32)cc1OC. The number of esters is 1. The predicted molar refractivity (Wildman–Crippen MR) is 129 cm³/mol. The Hall–Kier alpha value is -3.48. The van der Waals surface area contributed by atoms with E-state index in [1.165, 1.54) is 0 Å². The number of benzene rings is 2. The number of aromatic nitrogens is 2. The number of para-hydroxylation sites is 2. The van der Waals surface area contributed by atoms with Crippen molar-refractivity contribution in [2.24, 2.45) is 0 Å². The fourth-order valence-corrected chi connectivity index (χ4v) is 4.12. The van der Waals surface area contributed by atoms with E-state index in [-0.39, 0.29) is 12.1 Å². The van der Waals surface area contributed by atoms with Gasteiger partial charge in [0.25, 0.3) is 0 Å². The molecule has 1 aromatic heterocycles. The molecule has 1 atom stereocenters. The molecule has 0 amide bonds. The van der Waals surface area contributed by atoms with Crippen molar-refractivity contribution in [3.8, 4) is 11.5 Å². The van der Waals surface area contributed by atoms with Crippen LogP contribution < -0.4 is 14.8 Å². The molecule has 4 rings (SSSR count). The van der Waals surface area contributed by atoms with Crippen LogP contribution in [0.25, 0.3) is 11.0 Å². The van der Waals surface area contributed by atoms with Crippen molar-refractivity contribution in [2.75, 3.05) is 19.0 Å². The number of hydrogen-bond acceptors (Lipinski definition) is 6. The number of imidazole rings is 1. The number of carbonyl (C=O) groups is 1. The number of methoxy groups -OCH3 is 1. The molecule has 0 spiro atoms. The third-order valence-corrected chi connectivity index (χ3v) is 5.65. The van der Waals surface area contributed by atoms with Gasteiger partial charge in [0.15, 0.2) is 11.5 Å². The van der Waals surface area contributed by atoms with Crippen LogP contribution in [0.5, 0.6) is 11.5 Å². The van der Waals surface area contributed by atoms with Gasteiger partial charge in [0.1, 0.15) is 0 Å². The second-order valence-electron chi connectivity index (χ2n) is 8.43. The van der Waals surface area contributed by atoms with Gasteiger partial charge in [-0.1, -0.05) is 31.5 Å². The lowest BCUT2D eigenvalue weighted by molar-refractivity contribution is -0.143. The monoisotopic (exact) mass is 449 g/mol. The van der Waals surface area contributed by atoms with Gasteiger partial charge >= 0.3 is 5.97 Å². The summed E-state index contributed by atoms with van der Waals surface area (Å²) >= 11 is 0. The van der Waals surface area contributed by atoms with Crippen LogP contribution in [0.15, 0.2) is 53.7 Å². The molecule has 3 aromatic rings. The van der Waals surface area contributed by atoms with Crippen LogP contribution in [-0.2, 0) is 9.53 Å². The first-order valence-electron chi connectivity index (χ1n) is 11.4. The minimum Gasteiger partial charge on any atom is -0.493 e. The lowest BCUT2D eigenvalue weighted by atomic mass is 9.94. The van der Waals surface area contributed by atoms with Gasteiger partial charge in [-0.3, -0.25) is 4.57 Å². The molecule has 1 aliphatic rings. The molecule has 1 aliphatic heterocycles. The topological polar surface area (TPSA) is 74.6 Å². The minimum absolute atomic E-state index is 0.233. The molecule has 0 aliphatic carbocycles. The number of anilines is 1. The maximum absolute atomic E-state index is 13.3. The number of hydrogen-bond donors (Lipinski definition) is 1. The molecule has 0 saturated heterocycles. The number of fused-ring (bicyclic) bond motifs is 3. The molecule has 174 valence electrons. The predicted octanol–water partition coefficient (Wildman–Crippen LogP) is 5.46. The fourth-order valence-electron chi connectivity index (χ4n) is 4.12. The average Bonchev–Trinajstić information content (AvgIpc) is 3.15. The van der Waals surface area contributed by atoms with Crippen molar-refractivity contribution in [1.29, 1.82) is 0 Å². The molecule has 7 nitrogen and oxygen atoms in total. The van der Waals surface area contributed by atoms with Gasteiger partial charge in [-0.05, 0) is 57.0 Å². The van der Waals surface area contributed by atoms with E-state index >= 15 is 0 Å². The highest BCUT2D eigenvalue weighted by Crippen LogP contribution is 2.42. The second-order valence-corrected chi connectivity index (χ2v) is 8.43. The maximum Gasteiger partial charge on any atom is 0.338 e. The first-order valence-corrected chi connectivity index (χ1v) is 11.4. The van der Waals surface area contributed by atoms with Gasteiger partial charge < -0.3 is 19.5 Å². The third-order valence-electron chi connectivity index (χ3n) is 5.65. The average molecular weight is 450 g/mol. The maximum atomic E-state index is 13.3. The normalized spacial score (nSPS) is 15.4. The summed E-state index contributed by atoms with van der Waals surface area (Å²) in [6.45, 7) is 8.33. The summed E-state index contributed by atoms with van der Waals surface area (Å²) in [5, 5.41) is 3.30. The van der Waals surface area contributed by atoms with Gasteiger partial charge in [0.05, 0.1) is 42.5 Å². The van der Waals surface area contributed by atoms with E-state index in [1.54, 1.807) is 7.11 Å². The summed E-state index contributed by atoms with van der Waals surface area (Å²) in [7, 11) is 1.63. The summed E-state index contributed by atoms with van der Waals surface area (Å²) in [5.74, 6) is 1.64. The molecule has 2 aromatic carbocycles. The summed E-state index contributed by atoms with van der Waals surface area (Å²) < 4.78 is 19.3. The molecular weight excluding hydrogens is 418 g/mol. The van der Waals surface area contributed by atoms with E-state index in [0.29, 0.717) is 29.6 Å². The molecule has 1 N–H and O–H groups in total. The van der Waals surface area contributed by atoms with Gasteiger partial charge in [-0.15, -0.1) is 0 Å². The van der Waals surface area contributed by atoms with Crippen molar-refractivity contribution in [1.82, 2.24) is 9.55 Å². The molecule has 0 bridgehead atoms. The van der Waals surface area contributed by atoms with Gasteiger partial charge in [-0.25, -0.2) is 9.78 Å². The van der Waals surface area contributed by atoms with Crippen molar-refractivity contribution in [3.05, 3.63) is 59.3 Å². The highest BCUT2D eigenvalue weighted by molar-refractivity contribution is 5.94. The molecule has 7 heteroatoms. The zero-order valence-electron chi connectivity index (χ0n) is 19.8. The molecular formula is C26H31N3O4. The van der Waals surface area contributed by atoms with Crippen LogP contribution in [0.4, 0.5) is 5.95 Å². The summed E-state index contributed by atoms with van der Waals surface area (Å²) in [4.78, 5) is 18.0. The quantitative estimate of drug-likeness (QED) is 0.363. The number of ether oxygens (including phenoxy) is 3. The summed E-state index contributed by atoms with van der Waals surface area (Å²) in [5.41, 5.74) is 3.92. The molecule has 0 radical (unpaired) electrons. The Bertz CT molecular complexity index is 1200. The van der Waals surface area contributed by atoms with Gasteiger partial charge in [0.2, 0.25) is 5.95 Å². The Kier molecular flexibility index (Phi) is 6.58. The van der Waals surface area contributed by atoms with E-state index in [4.69, 9.17) is 19.2 Å². The zero-order valence-corrected chi connectivity index (χ0v) is 19.8. The van der Waals surface area contributed by atoms with Crippen LogP contribution in [0.3, 0.4) is 0 Å². The Morgan fingerprint density at radius 2 is 1.97 bits per heavy atom. The molecule has 2 heterocycles. The molecule has 33 heavy (non-hydrogen) atoms. The highest BCUT2D eigenvalue weighted by Gasteiger charge is 2.35. The van der Waals surface area contributed by atoms with Crippen LogP contribution in [0.2, 0.25) is 0 Å².